The quantitative estimate of drug-likeness (QED) is 0.883. The van der Waals surface area contributed by atoms with E-state index in [2.05, 4.69) is 31.2 Å². The van der Waals surface area contributed by atoms with Crippen molar-refractivity contribution < 1.29 is 8.42 Å². The highest BCUT2D eigenvalue weighted by atomic mass is 32.2. The van der Waals surface area contributed by atoms with Gasteiger partial charge in [-0.2, -0.15) is 0 Å². The largest absolute Gasteiger partial charge is 0.330 e. The number of hydrogen-bond acceptors (Lipinski definition) is 3. The molecule has 1 aromatic carbocycles. The maximum Gasteiger partial charge on any atom is 0.153 e. The molecule has 1 aliphatic carbocycles. The van der Waals surface area contributed by atoms with Gasteiger partial charge in [0.05, 0.1) is 5.25 Å². The van der Waals surface area contributed by atoms with Gasteiger partial charge in [0.15, 0.2) is 9.84 Å². The molecule has 2 N–H and O–H groups in total. The molecule has 3 atom stereocenters. The average Bonchev–Trinajstić information content (AvgIpc) is 3.14. The number of rotatable bonds is 5. The van der Waals surface area contributed by atoms with Crippen LogP contribution in [0.5, 0.6) is 0 Å². The van der Waals surface area contributed by atoms with Crippen LogP contribution in [0, 0.1) is 5.92 Å². The molecule has 2 rings (SSSR count). The normalized spacial score (nSPS) is 27.2. The van der Waals surface area contributed by atoms with Gasteiger partial charge in [0.2, 0.25) is 0 Å². The minimum Gasteiger partial charge on any atom is -0.330 e. The molecule has 18 heavy (non-hydrogen) atoms. The molecule has 0 heterocycles. The molecule has 4 heteroatoms. The van der Waals surface area contributed by atoms with E-state index in [1.807, 2.05) is 0 Å². The molecule has 3 nitrogen and oxygen atoms in total. The first-order valence-corrected chi connectivity index (χ1v) is 8.27. The van der Waals surface area contributed by atoms with Crippen molar-refractivity contribution in [3.63, 3.8) is 0 Å². The molecule has 1 aromatic rings. The smallest absolute Gasteiger partial charge is 0.153 e. The van der Waals surface area contributed by atoms with E-state index in [0.29, 0.717) is 6.54 Å². The van der Waals surface area contributed by atoms with Crippen LogP contribution in [0.1, 0.15) is 30.9 Å². The zero-order valence-electron chi connectivity index (χ0n) is 11.0. The summed E-state index contributed by atoms with van der Waals surface area (Å²) in [5, 5.41) is -0.264. The van der Waals surface area contributed by atoms with Crippen LogP contribution in [0.25, 0.3) is 0 Å². The molecule has 100 valence electrons. The van der Waals surface area contributed by atoms with Crippen molar-refractivity contribution in [2.24, 2.45) is 11.7 Å². The van der Waals surface area contributed by atoms with Crippen LogP contribution in [-0.2, 0) is 16.3 Å². The zero-order valence-corrected chi connectivity index (χ0v) is 11.8. The molecule has 0 aromatic heterocycles. The van der Waals surface area contributed by atoms with Crippen molar-refractivity contribution in [2.45, 2.75) is 31.4 Å². The van der Waals surface area contributed by atoms with Gasteiger partial charge < -0.3 is 5.73 Å². The third kappa shape index (κ3) is 2.31. The lowest BCUT2D eigenvalue weighted by atomic mass is 10.1. The highest BCUT2D eigenvalue weighted by Gasteiger charge is 2.56. The molecule has 0 aliphatic heterocycles. The Kier molecular flexibility index (Phi) is 3.78. The minimum absolute atomic E-state index is 0.0995. The summed E-state index contributed by atoms with van der Waals surface area (Å²) in [4.78, 5) is 0. The van der Waals surface area contributed by atoms with Gasteiger partial charge in [-0.25, -0.2) is 8.42 Å². The van der Waals surface area contributed by atoms with E-state index in [0.717, 1.165) is 12.0 Å². The topological polar surface area (TPSA) is 60.2 Å². The van der Waals surface area contributed by atoms with E-state index < -0.39 is 9.84 Å². The zero-order chi connectivity index (χ0) is 13.3. The second-order valence-corrected chi connectivity index (χ2v) is 7.38. The minimum atomic E-state index is -2.98. The Morgan fingerprint density at radius 1 is 1.17 bits per heavy atom. The molecular formula is C14H21NO2S. The van der Waals surface area contributed by atoms with E-state index in [9.17, 15) is 8.42 Å². The van der Waals surface area contributed by atoms with Crippen LogP contribution in [0.4, 0.5) is 0 Å². The summed E-state index contributed by atoms with van der Waals surface area (Å²) in [6, 6.07) is 8.27. The molecule has 0 bridgehead atoms. The van der Waals surface area contributed by atoms with Gasteiger partial charge in [0.1, 0.15) is 0 Å². The van der Waals surface area contributed by atoms with Crippen molar-refractivity contribution >= 4 is 9.84 Å². The molecular weight excluding hydrogens is 246 g/mol. The second-order valence-electron chi connectivity index (χ2n) is 4.94. The number of hydrogen-bond donors (Lipinski definition) is 1. The lowest BCUT2D eigenvalue weighted by Gasteiger charge is -2.02. The van der Waals surface area contributed by atoms with Crippen LogP contribution in [0.3, 0.4) is 0 Å². The van der Waals surface area contributed by atoms with Crippen molar-refractivity contribution in [2.75, 3.05) is 12.3 Å². The van der Waals surface area contributed by atoms with Crippen LogP contribution >= 0.6 is 0 Å². The SMILES string of the molecule is CCc1ccc([C@@H]2[C@H](CN)[C@H]2S(=O)(=O)CC)cc1. The number of nitrogens with two attached hydrogens (primary N) is 1. The molecule has 1 aliphatic rings. The van der Waals surface area contributed by atoms with Crippen LogP contribution in [0.2, 0.25) is 0 Å². The fourth-order valence-electron chi connectivity index (χ4n) is 2.72. The highest BCUT2D eigenvalue weighted by Crippen LogP contribution is 2.51. The first-order valence-electron chi connectivity index (χ1n) is 6.55. The molecule has 1 saturated carbocycles. The lowest BCUT2D eigenvalue weighted by Crippen LogP contribution is -2.15. The van der Waals surface area contributed by atoms with Crippen molar-refractivity contribution in [3.05, 3.63) is 35.4 Å². The molecule has 0 unspecified atom stereocenters. The van der Waals surface area contributed by atoms with E-state index in [1.165, 1.54) is 5.56 Å². The molecule has 0 saturated heterocycles. The molecule has 0 spiro atoms. The lowest BCUT2D eigenvalue weighted by molar-refractivity contribution is 0.593. The van der Waals surface area contributed by atoms with Gasteiger partial charge in [-0.1, -0.05) is 38.1 Å². The first-order chi connectivity index (χ1) is 8.55. The Morgan fingerprint density at radius 3 is 2.22 bits per heavy atom. The van der Waals surface area contributed by atoms with Gasteiger partial charge in [0, 0.05) is 11.7 Å². The summed E-state index contributed by atoms with van der Waals surface area (Å²) in [5.74, 6) is 0.408. The van der Waals surface area contributed by atoms with Gasteiger partial charge in [-0.15, -0.1) is 0 Å². The Morgan fingerprint density at radius 2 is 1.78 bits per heavy atom. The van der Waals surface area contributed by atoms with Crippen LogP contribution in [-0.4, -0.2) is 26.0 Å². The maximum atomic E-state index is 12.0. The summed E-state index contributed by atoms with van der Waals surface area (Å²) in [6.45, 7) is 4.27. The number of sulfone groups is 1. The summed E-state index contributed by atoms with van der Waals surface area (Å²) in [5.41, 5.74) is 8.09. The Labute approximate surface area is 109 Å². The summed E-state index contributed by atoms with van der Waals surface area (Å²) in [7, 11) is -2.98. The standard InChI is InChI=1S/C14H21NO2S/c1-3-10-5-7-11(8-6-10)13-12(9-15)14(13)18(16,17)4-2/h5-8,12-14H,3-4,9,15H2,1-2H3/t12-,13+,14+/m0/s1. The molecule has 0 radical (unpaired) electrons. The van der Waals surface area contributed by atoms with Crippen LogP contribution in [0.15, 0.2) is 24.3 Å². The van der Waals surface area contributed by atoms with Crippen molar-refractivity contribution in [1.82, 2.24) is 0 Å². The van der Waals surface area contributed by atoms with Gasteiger partial charge in [-0.05, 0) is 30.0 Å². The van der Waals surface area contributed by atoms with Gasteiger partial charge in [0.25, 0.3) is 0 Å². The summed E-state index contributed by atoms with van der Waals surface area (Å²) >= 11 is 0. The Bertz CT molecular complexity index is 507. The van der Waals surface area contributed by atoms with E-state index >= 15 is 0 Å². The van der Waals surface area contributed by atoms with E-state index in [1.54, 1.807) is 6.92 Å². The average molecular weight is 267 g/mol. The fraction of sp³-hybridized carbons (Fsp3) is 0.571. The number of aryl methyl sites for hydroxylation is 1. The van der Waals surface area contributed by atoms with Gasteiger partial charge >= 0.3 is 0 Å². The predicted octanol–water partition coefficient (Wildman–Crippen LogP) is 1.72. The van der Waals surface area contributed by atoms with Crippen LogP contribution < -0.4 is 5.73 Å². The van der Waals surface area contributed by atoms with Crippen molar-refractivity contribution in [3.8, 4) is 0 Å². The summed E-state index contributed by atoms with van der Waals surface area (Å²) < 4.78 is 24.0. The molecule has 1 fully saturated rings. The fourth-order valence-corrected chi connectivity index (χ4v) is 4.63. The van der Waals surface area contributed by atoms with Gasteiger partial charge in [-0.3, -0.25) is 0 Å². The van der Waals surface area contributed by atoms with E-state index in [4.69, 9.17) is 5.73 Å². The van der Waals surface area contributed by atoms with E-state index in [-0.39, 0.29) is 22.8 Å². The first kappa shape index (κ1) is 13.6. The second kappa shape index (κ2) is 5.02. The predicted molar refractivity (Wildman–Crippen MR) is 74.4 cm³/mol. The Hall–Kier alpha value is -0.870. The Balaban J connectivity index is 2.23. The third-order valence-electron chi connectivity index (χ3n) is 3.96. The van der Waals surface area contributed by atoms with Crippen molar-refractivity contribution in [1.29, 1.82) is 0 Å². The summed E-state index contributed by atoms with van der Waals surface area (Å²) in [6.07, 6.45) is 1.00. The number of benzene rings is 1. The third-order valence-corrected chi connectivity index (χ3v) is 6.24. The highest BCUT2D eigenvalue weighted by molar-refractivity contribution is 7.92. The monoisotopic (exact) mass is 267 g/mol. The maximum absolute atomic E-state index is 12.0. The molecule has 0 amide bonds.